The first-order chi connectivity index (χ1) is 19.4. The van der Waals surface area contributed by atoms with Crippen molar-refractivity contribution >= 4 is 36.6 Å². The third-order valence-electron chi connectivity index (χ3n) is 7.17. The van der Waals surface area contributed by atoms with Crippen LogP contribution >= 0.6 is 11.6 Å². The fourth-order valence-corrected chi connectivity index (χ4v) is 9.06. The molecule has 2 bridgehead atoms. The lowest BCUT2D eigenvalue weighted by Crippen LogP contribution is -2.70. The smallest absolute Gasteiger partial charge is 0.224 e. The van der Waals surface area contributed by atoms with Gasteiger partial charge in [-0.15, -0.1) is 0 Å². The van der Waals surface area contributed by atoms with Gasteiger partial charge < -0.3 is 32.6 Å². The molecular formula is C31H49ClO7Si3. The van der Waals surface area contributed by atoms with Crippen LogP contribution in [-0.4, -0.2) is 73.8 Å². The molecule has 1 N–H and O–H groups in total. The number of ether oxygens (including phenoxy) is 3. The number of hydrogen-bond donors (Lipinski definition) is 1. The van der Waals surface area contributed by atoms with E-state index in [-0.39, 0.29) is 13.2 Å². The number of hydrogen-bond acceptors (Lipinski definition) is 7. The second kappa shape index (κ2) is 12.4. The average Bonchev–Trinajstić information content (AvgIpc) is 3.24. The van der Waals surface area contributed by atoms with E-state index in [1.807, 2.05) is 31.2 Å². The van der Waals surface area contributed by atoms with Gasteiger partial charge in [-0.25, -0.2) is 0 Å². The molecule has 2 saturated heterocycles. The van der Waals surface area contributed by atoms with Crippen molar-refractivity contribution in [3.8, 4) is 5.75 Å². The summed E-state index contributed by atoms with van der Waals surface area (Å²) in [5.74, 6) is -0.463. The van der Waals surface area contributed by atoms with Gasteiger partial charge in [0.25, 0.3) is 0 Å². The molecule has 0 amide bonds. The summed E-state index contributed by atoms with van der Waals surface area (Å²) in [7, 11) is -6.40. The lowest BCUT2D eigenvalue weighted by Gasteiger charge is -2.54. The normalized spacial score (nSPS) is 28.2. The van der Waals surface area contributed by atoms with E-state index in [0.29, 0.717) is 18.1 Å². The van der Waals surface area contributed by atoms with Gasteiger partial charge in [0.2, 0.25) is 5.79 Å². The topological polar surface area (TPSA) is 75.6 Å². The summed E-state index contributed by atoms with van der Waals surface area (Å²) in [6, 6.07) is 14.0. The molecule has 234 valence electrons. The summed E-state index contributed by atoms with van der Waals surface area (Å²) in [5.41, 5.74) is 1.74. The highest BCUT2D eigenvalue weighted by atomic mass is 35.5. The maximum absolute atomic E-state index is 10.9. The van der Waals surface area contributed by atoms with Crippen LogP contribution < -0.4 is 4.74 Å². The molecule has 0 saturated carbocycles. The van der Waals surface area contributed by atoms with E-state index in [1.165, 1.54) is 0 Å². The zero-order chi connectivity index (χ0) is 31.1. The molecule has 2 fully saturated rings. The van der Waals surface area contributed by atoms with Crippen LogP contribution in [0.25, 0.3) is 0 Å². The van der Waals surface area contributed by atoms with Gasteiger partial charge in [0.15, 0.2) is 25.0 Å². The minimum atomic E-state index is -2.17. The van der Waals surface area contributed by atoms with E-state index in [2.05, 4.69) is 77.1 Å². The minimum absolute atomic E-state index is 0.159. The molecule has 2 aliphatic heterocycles. The van der Waals surface area contributed by atoms with Crippen molar-refractivity contribution in [2.75, 3.05) is 19.8 Å². The van der Waals surface area contributed by atoms with Gasteiger partial charge in [0.05, 0.1) is 19.8 Å². The van der Waals surface area contributed by atoms with Crippen molar-refractivity contribution in [2.24, 2.45) is 0 Å². The van der Waals surface area contributed by atoms with E-state index >= 15 is 0 Å². The Morgan fingerprint density at radius 1 is 0.857 bits per heavy atom. The molecule has 5 atom stereocenters. The number of aliphatic hydroxyl groups excluding tert-OH is 1. The molecule has 0 aliphatic carbocycles. The molecule has 0 radical (unpaired) electrons. The number of rotatable bonds is 12. The minimum Gasteiger partial charge on any atom is -0.494 e. The third kappa shape index (κ3) is 7.59. The lowest BCUT2D eigenvalue weighted by atomic mass is 9.83. The number of halogens is 1. The molecule has 2 aliphatic rings. The Morgan fingerprint density at radius 2 is 1.45 bits per heavy atom. The van der Waals surface area contributed by atoms with E-state index in [0.717, 1.165) is 22.4 Å². The van der Waals surface area contributed by atoms with E-state index in [4.69, 9.17) is 39.1 Å². The summed E-state index contributed by atoms with van der Waals surface area (Å²) in [5, 5.41) is 11.6. The fraction of sp³-hybridized carbons (Fsp3) is 0.613. The SMILES string of the molecule is CCOc1ccc(Cc2cc([C@]34OC[C@](CO)(O3)[C@@H](O[Si](C)(C)C)[C@H](O[Si](C)(C)C)[C@H]4O[Si](C)(C)C)ccc2Cl)cc1. The summed E-state index contributed by atoms with van der Waals surface area (Å²) < 4.78 is 40.0. The monoisotopic (exact) mass is 652 g/mol. The van der Waals surface area contributed by atoms with Gasteiger partial charge >= 0.3 is 0 Å². The van der Waals surface area contributed by atoms with Crippen LogP contribution in [-0.2, 0) is 35.0 Å². The Balaban J connectivity index is 1.83. The molecule has 0 spiro atoms. The van der Waals surface area contributed by atoms with Crippen molar-refractivity contribution in [1.29, 1.82) is 0 Å². The van der Waals surface area contributed by atoms with Crippen molar-refractivity contribution in [3.05, 3.63) is 64.2 Å². The second-order valence-corrected chi connectivity index (χ2v) is 28.1. The molecule has 2 aromatic rings. The van der Waals surface area contributed by atoms with Gasteiger partial charge in [-0.1, -0.05) is 29.8 Å². The Morgan fingerprint density at radius 3 is 2.00 bits per heavy atom. The van der Waals surface area contributed by atoms with Gasteiger partial charge in [-0.05, 0) is 108 Å². The highest BCUT2D eigenvalue weighted by molar-refractivity contribution is 6.70. The van der Waals surface area contributed by atoms with E-state index in [1.54, 1.807) is 0 Å². The van der Waals surface area contributed by atoms with Crippen molar-refractivity contribution in [1.82, 2.24) is 0 Å². The van der Waals surface area contributed by atoms with Crippen LogP contribution in [0.15, 0.2) is 42.5 Å². The highest BCUT2D eigenvalue weighted by Crippen LogP contribution is 2.54. The van der Waals surface area contributed by atoms with Crippen LogP contribution in [0, 0.1) is 0 Å². The zero-order valence-corrected chi connectivity index (χ0v) is 30.6. The lowest BCUT2D eigenvalue weighted by molar-refractivity contribution is -0.320. The standard InChI is InChI=1S/C31H49ClO7Si3/c1-11-34-25-15-12-22(13-16-25)18-23-19-24(14-17-26(23)32)31-29(38-42(8,9)10)27(36-40(2,3)4)28(37-41(5,6)7)30(20-33,39-31)21-35-31/h12-17,19,27-29,33H,11,18,20-21H2,1-10H3/t27-,28-,29+,30-,31-/m0/s1. The first-order valence-electron chi connectivity index (χ1n) is 14.9. The average molecular weight is 653 g/mol. The maximum Gasteiger partial charge on any atom is 0.224 e. The van der Waals surface area contributed by atoms with Gasteiger partial charge in [-0.2, -0.15) is 0 Å². The maximum atomic E-state index is 10.9. The number of fused-ring (bicyclic) bond motifs is 2. The Bertz CT molecular complexity index is 1230. The Kier molecular flexibility index (Phi) is 9.97. The van der Waals surface area contributed by atoms with Crippen LogP contribution in [0.3, 0.4) is 0 Å². The molecule has 42 heavy (non-hydrogen) atoms. The summed E-state index contributed by atoms with van der Waals surface area (Å²) >= 11 is 6.77. The second-order valence-electron chi connectivity index (χ2n) is 14.3. The molecule has 4 rings (SSSR count). The van der Waals surface area contributed by atoms with Crippen LogP contribution in [0.5, 0.6) is 5.75 Å². The Labute approximate surface area is 260 Å². The first-order valence-corrected chi connectivity index (χ1v) is 25.5. The molecule has 0 aromatic heterocycles. The van der Waals surface area contributed by atoms with Crippen molar-refractivity contribution in [3.63, 3.8) is 0 Å². The summed E-state index contributed by atoms with van der Waals surface area (Å²) in [6.07, 6.45) is -1.04. The van der Waals surface area contributed by atoms with Crippen molar-refractivity contribution < 1.29 is 32.6 Å². The summed E-state index contributed by atoms with van der Waals surface area (Å²) in [6.45, 7) is 21.9. The van der Waals surface area contributed by atoms with Gasteiger partial charge in [-0.3, -0.25) is 0 Å². The van der Waals surface area contributed by atoms with Gasteiger partial charge in [0, 0.05) is 10.6 Å². The third-order valence-corrected chi connectivity index (χ3v) is 10.4. The largest absolute Gasteiger partial charge is 0.494 e. The first kappa shape index (κ1) is 33.8. The van der Waals surface area contributed by atoms with Crippen LogP contribution in [0.2, 0.25) is 63.9 Å². The molecular weight excluding hydrogens is 604 g/mol. The highest BCUT2D eigenvalue weighted by Gasteiger charge is 2.70. The van der Waals surface area contributed by atoms with E-state index < -0.39 is 54.7 Å². The molecule has 2 heterocycles. The predicted octanol–water partition coefficient (Wildman–Crippen LogP) is 6.93. The quantitative estimate of drug-likeness (QED) is 0.249. The number of aliphatic hydroxyl groups is 1. The summed E-state index contributed by atoms with van der Waals surface area (Å²) in [4.78, 5) is 0. The molecule has 7 nitrogen and oxygen atoms in total. The van der Waals surface area contributed by atoms with Gasteiger partial charge in [0.1, 0.15) is 29.7 Å². The molecule has 11 heteroatoms. The fourth-order valence-electron chi connectivity index (χ4n) is 5.65. The van der Waals surface area contributed by atoms with Crippen LogP contribution in [0.4, 0.5) is 0 Å². The van der Waals surface area contributed by atoms with Crippen molar-refractivity contribution in [2.45, 2.75) is 102 Å². The van der Waals surface area contributed by atoms with Crippen LogP contribution in [0.1, 0.15) is 23.6 Å². The zero-order valence-electron chi connectivity index (χ0n) is 26.9. The molecule has 0 unspecified atom stereocenters. The Hall–Kier alpha value is -1.06. The molecule has 2 aromatic carbocycles. The predicted molar refractivity (Wildman–Crippen MR) is 175 cm³/mol. The number of benzene rings is 2. The van der Waals surface area contributed by atoms with E-state index in [9.17, 15) is 5.11 Å².